The lowest BCUT2D eigenvalue weighted by Crippen LogP contribution is -2.34. The van der Waals surface area contributed by atoms with Crippen LogP contribution in [-0.4, -0.2) is 36.6 Å². The molecule has 2 heteroatoms. The Balaban J connectivity index is 1.68. The van der Waals surface area contributed by atoms with Crippen molar-refractivity contribution < 1.29 is 0 Å². The van der Waals surface area contributed by atoms with Crippen molar-refractivity contribution >= 4 is 0 Å². The summed E-state index contributed by atoms with van der Waals surface area (Å²) >= 11 is 0. The largest absolute Gasteiger partial charge is 0.310 e. The first-order chi connectivity index (χ1) is 7.65. The Morgan fingerprint density at radius 1 is 1.31 bits per heavy atom. The van der Waals surface area contributed by atoms with E-state index in [1.165, 1.54) is 37.8 Å². The molecule has 0 saturated heterocycles. The van der Waals surface area contributed by atoms with E-state index in [9.17, 15) is 0 Å². The molecule has 2 saturated carbocycles. The van der Waals surface area contributed by atoms with Gasteiger partial charge < -0.3 is 5.32 Å². The van der Waals surface area contributed by atoms with Gasteiger partial charge in [0.1, 0.15) is 0 Å². The number of nitrogens with zero attached hydrogens (tertiary/aromatic N) is 1. The zero-order valence-corrected chi connectivity index (χ0v) is 10.8. The second-order valence-corrected chi connectivity index (χ2v) is 5.96. The van der Waals surface area contributed by atoms with Crippen molar-refractivity contribution in [3.8, 4) is 0 Å². The van der Waals surface area contributed by atoms with Crippen LogP contribution >= 0.6 is 0 Å². The Bertz CT molecular complexity index is 239. The summed E-state index contributed by atoms with van der Waals surface area (Å²) in [6.45, 7) is 12.2. The lowest BCUT2D eigenvalue weighted by atomic mass is 10.2. The van der Waals surface area contributed by atoms with Gasteiger partial charge in [0, 0.05) is 31.7 Å². The maximum Gasteiger partial charge on any atom is 0.0205 e. The molecule has 2 nitrogen and oxygen atoms in total. The molecule has 0 radical (unpaired) electrons. The van der Waals surface area contributed by atoms with E-state index >= 15 is 0 Å². The van der Waals surface area contributed by atoms with Crippen LogP contribution in [0.25, 0.3) is 0 Å². The van der Waals surface area contributed by atoms with Crippen LogP contribution in [0.3, 0.4) is 0 Å². The smallest absolute Gasteiger partial charge is 0.0205 e. The fraction of sp³-hybridized carbons (Fsp3) is 0.857. The standard InChI is InChI=1S/C14H26N2/c1-11(2)9-16(14-6-7-14)10-12(3)8-15-13-4-5-13/h11,13-15H,3-10H2,1-2H3. The fourth-order valence-electron chi connectivity index (χ4n) is 2.17. The number of nitrogens with one attached hydrogen (secondary N) is 1. The van der Waals surface area contributed by atoms with Gasteiger partial charge in [-0.2, -0.15) is 0 Å². The van der Waals surface area contributed by atoms with Gasteiger partial charge in [0.25, 0.3) is 0 Å². The van der Waals surface area contributed by atoms with E-state index in [4.69, 9.17) is 0 Å². The van der Waals surface area contributed by atoms with Gasteiger partial charge in [-0.05, 0) is 37.2 Å². The summed E-state index contributed by atoms with van der Waals surface area (Å²) in [6.07, 6.45) is 5.53. The second-order valence-electron chi connectivity index (χ2n) is 5.96. The van der Waals surface area contributed by atoms with E-state index in [2.05, 4.69) is 30.6 Å². The lowest BCUT2D eigenvalue weighted by molar-refractivity contribution is 0.252. The van der Waals surface area contributed by atoms with Crippen molar-refractivity contribution in [3.05, 3.63) is 12.2 Å². The van der Waals surface area contributed by atoms with Crippen molar-refractivity contribution in [2.45, 2.75) is 51.6 Å². The summed E-state index contributed by atoms with van der Waals surface area (Å²) in [5.74, 6) is 0.768. The van der Waals surface area contributed by atoms with Crippen LogP contribution < -0.4 is 5.32 Å². The Morgan fingerprint density at radius 2 is 2.00 bits per heavy atom. The molecule has 2 fully saturated rings. The summed E-state index contributed by atoms with van der Waals surface area (Å²) in [5.41, 5.74) is 1.36. The van der Waals surface area contributed by atoms with Crippen LogP contribution in [0.2, 0.25) is 0 Å². The van der Waals surface area contributed by atoms with Crippen LogP contribution in [0, 0.1) is 5.92 Å². The predicted octanol–water partition coefficient (Wildman–Crippen LogP) is 2.42. The first-order valence-electron chi connectivity index (χ1n) is 6.79. The minimum absolute atomic E-state index is 0.768. The van der Waals surface area contributed by atoms with Gasteiger partial charge >= 0.3 is 0 Å². The maximum absolute atomic E-state index is 4.21. The van der Waals surface area contributed by atoms with Gasteiger partial charge in [-0.25, -0.2) is 0 Å². The minimum Gasteiger partial charge on any atom is -0.310 e. The van der Waals surface area contributed by atoms with Gasteiger partial charge in [-0.3, -0.25) is 4.90 Å². The topological polar surface area (TPSA) is 15.3 Å². The van der Waals surface area contributed by atoms with Crippen LogP contribution in [0.1, 0.15) is 39.5 Å². The molecule has 0 aliphatic heterocycles. The first kappa shape index (κ1) is 12.1. The summed E-state index contributed by atoms with van der Waals surface area (Å²) < 4.78 is 0. The van der Waals surface area contributed by atoms with Gasteiger partial charge in [-0.1, -0.05) is 20.4 Å². The van der Waals surface area contributed by atoms with Crippen LogP contribution in [-0.2, 0) is 0 Å². The summed E-state index contributed by atoms with van der Waals surface area (Å²) in [4.78, 5) is 2.63. The van der Waals surface area contributed by atoms with Gasteiger partial charge in [0.05, 0.1) is 0 Å². The van der Waals surface area contributed by atoms with E-state index < -0.39 is 0 Å². The lowest BCUT2D eigenvalue weighted by Gasteiger charge is -2.25. The third kappa shape index (κ3) is 4.26. The average molecular weight is 222 g/mol. The molecular formula is C14H26N2. The van der Waals surface area contributed by atoms with Crippen molar-refractivity contribution in [2.75, 3.05) is 19.6 Å². The molecule has 0 atom stereocenters. The molecule has 0 bridgehead atoms. The van der Waals surface area contributed by atoms with Crippen molar-refractivity contribution in [3.63, 3.8) is 0 Å². The minimum atomic E-state index is 0.768. The first-order valence-corrected chi connectivity index (χ1v) is 6.79. The monoisotopic (exact) mass is 222 g/mol. The Kier molecular flexibility index (Phi) is 4.04. The normalized spacial score (nSPS) is 20.8. The fourth-order valence-corrected chi connectivity index (χ4v) is 2.17. The third-order valence-corrected chi connectivity index (χ3v) is 3.31. The molecule has 0 unspecified atom stereocenters. The van der Waals surface area contributed by atoms with E-state index in [0.29, 0.717) is 0 Å². The van der Waals surface area contributed by atoms with E-state index in [-0.39, 0.29) is 0 Å². The van der Waals surface area contributed by atoms with Crippen molar-refractivity contribution in [1.29, 1.82) is 0 Å². The molecule has 2 rings (SSSR count). The zero-order chi connectivity index (χ0) is 11.5. The third-order valence-electron chi connectivity index (χ3n) is 3.31. The summed E-state index contributed by atoms with van der Waals surface area (Å²) in [5, 5.41) is 3.55. The Morgan fingerprint density at radius 3 is 2.50 bits per heavy atom. The maximum atomic E-state index is 4.21. The molecule has 0 heterocycles. The summed E-state index contributed by atoms with van der Waals surface area (Å²) in [7, 11) is 0. The molecule has 0 aromatic heterocycles. The van der Waals surface area contributed by atoms with E-state index in [1.54, 1.807) is 0 Å². The van der Waals surface area contributed by atoms with Crippen molar-refractivity contribution in [1.82, 2.24) is 10.2 Å². The average Bonchev–Trinajstić information content (AvgIpc) is 3.05. The molecule has 2 aliphatic carbocycles. The van der Waals surface area contributed by atoms with E-state index in [0.717, 1.165) is 31.1 Å². The van der Waals surface area contributed by atoms with Gasteiger partial charge in [0.15, 0.2) is 0 Å². The molecule has 1 N–H and O–H groups in total. The SMILES string of the molecule is C=C(CNC1CC1)CN(CC(C)C)C1CC1. The van der Waals surface area contributed by atoms with Gasteiger partial charge in [-0.15, -0.1) is 0 Å². The molecule has 92 valence electrons. The molecule has 0 aromatic rings. The summed E-state index contributed by atoms with van der Waals surface area (Å²) in [6, 6.07) is 1.66. The highest BCUT2D eigenvalue weighted by atomic mass is 15.2. The highest BCUT2D eigenvalue weighted by Crippen LogP contribution is 2.28. The number of hydrogen-bond acceptors (Lipinski definition) is 2. The molecule has 0 aromatic carbocycles. The molecular weight excluding hydrogens is 196 g/mol. The second kappa shape index (κ2) is 5.33. The Labute approximate surface area is 100 Å². The Hall–Kier alpha value is -0.340. The van der Waals surface area contributed by atoms with Crippen LogP contribution in [0.4, 0.5) is 0 Å². The van der Waals surface area contributed by atoms with Crippen LogP contribution in [0.15, 0.2) is 12.2 Å². The molecule has 0 spiro atoms. The predicted molar refractivity (Wildman–Crippen MR) is 69.6 cm³/mol. The van der Waals surface area contributed by atoms with Crippen molar-refractivity contribution in [2.24, 2.45) is 5.92 Å². The highest BCUT2D eigenvalue weighted by Gasteiger charge is 2.29. The zero-order valence-electron chi connectivity index (χ0n) is 10.8. The van der Waals surface area contributed by atoms with Crippen LogP contribution in [0.5, 0.6) is 0 Å². The molecule has 0 amide bonds. The number of rotatable bonds is 8. The van der Waals surface area contributed by atoms with Gasteiger partial charge in [0.2, 0.25) is 0 Å². The molecule has 16 heavy (non-hydrogen) atoms. The molecule has 2 aliphatic rings. The number of hydrogen-bond donors (Lipinski definition) is 1. The quantitative estimate of drug-likeness (QED) is 0.635. The van der Waals surface area contributed by atoms with E-state index in [1.807, 2.05) is 0 Å². The highest BCUT2D eigenvalue weighted by molar-refractivity contribution is 5.04.